The van der Waals surface area contributed by atoms with Crippen LogP contribution in [0, 0.1) is 35.5 Å². The molecule has 0 bridgehead atoms. The fourth-order valence-corrected chi connectivity index (χ4v) is 7.48. The molecule has 0 unspecified atom stereocenters. The lowest BCUT2D eigenvalue weighted by Crippen LogP contribution is -2.38. The second-order valence-electron chi connectivity index (χ2n) is 11.3. The van der Waals surface area contributed by atoms with Gasteiger partial charge in [0.05, 0.1) is 12.2 Å². The Balaban J connectivity index is 1.81. The molecular formula is C27H46NO3P. The topological polar surface area (TPSA) is 47.6 Å². The first kappa shape index (κ1) is 25.9. The molecule has 182 valence electrons. The summed E-state index contributed by atoms with van der Waals surface area (Å²) in [5, 5.41) is 3.27. The van der Waals surface area contributed by atoms with Crippen LogP contribution in [-0.4, -0.2) is 12.2 Å². The zero-order valence-corrected chi connectivity index (χ0v) is 22.0. The number of nitrogens with one attached hydrogen (secondary N) is 1. The third kappa shape index (κ3) is 7.16. The van der Waals surface area contributed by atoms with E-state index in [2.05, 4.69) is 58.8 Å². The third-order valence-corrected chi connectivity index (χ3v) is 9.43. The van der Waals surface area contributed by atoms with Gasteiger partial charge in [0.15, 0.2) is 0 Å². The molecule has 2 fully saturated rings. The third-order valence-electron chi connectivity index (χ3n) is 7.79. The summed E-state index contributed by atoms with van der Waals surface area (Å²) in [4.78, 5) is 0. The average Bonchev–Trinajstić information content (AvgIpc) is 2.72. The van der Waals surface area contributed by atoms with E-state index >= 15 is 0 Å². The van der Waals surface area contributed by atoms with Crippen molar-refractivity contribution in [2.45, 2.75) is 98.8 Å². The molecule has 0 saturated heterocycles. The predicted molar refractivity (Wildman–Crippen MR) is 133 cm³/mol. The largest absolute Gasteiger partial charge is 0.406 e. The highest BCUT2D eigenvalue weighted by molar-refractivity contribution is 7.51. The Labute approximate surface area is 196 Å². The molecule has 5 heteroatoms. The smallest absolute Gasteiger partial charge is 0.293 e. The summed E-state index contributed by atoms with van der Waals surface area (Å²) in [5.41, 5.74) is 1.09. The molecule has 32 heavy (non-hydrogen) atoms. The molecule has 1 aromatic rings. The van der Waals surface area contributed by atoms with Gasteiger partial charge in [-0.25, -0.2) is 9.65 Å². The minimum absolute atomic E-state index is 0.0219. The molecule has 0 radical (unpaired) electrons. The minimum Gasteiger partial charge on any atom is -0.293 e. The van der Waals surface area contributed by atoms with Gasteiger partial charge in [0.25, 0.3) is 0 Å². The predicted octanol–water partition coefficient (Wildman–Crippen LogP) is 7.84. The van der Waals surface area contributed by atoms with E-state index in [9.17, 15) is 4.57 Å². The van der Waals surface area contributed by atoms with E-state index in [1.807, 2.05) is 18.2 Å². The SMILES string of the molecule is CC(C)[C@H]1CC[C@@H](C)C[C@H]1OP(=O)(NCc1ccccc1)O[C@@H]1C[C@H](C)CC[C@@H]1C(C)C. The van der Waals surface area contributed by atoms with Gasteiger partial charge in [0, 0.05) is 6.54 Å². The molecule has 1 N–H and O–H groups in total. The van der Waals surface area contributed by atoms with Gasteiger partial charge in [-0.15, -0.1) is 0 Å². The molecule has 0 aliphatic heterocycles. The van der Waals surface area contributed by atoms with E-state index in [0.717, 1.165) is 31.2 Å². The Kier molecular flexibility index (Phi) is 9.44. The van der Waals surface area contributed by atoms with Crippen molar-refractivity contribution in [3.05, 3.63) is 35.9 Å². The summed E-state index contributed by atoms with van der Waals surface area (Å²) in [6, 6.07) is 10.1. The van der Waals surface area contributed by atoms with Gasteiger partial charge in [-0.2, -0.15) is 0 Å². The van der Waals surface area contributed by atoms with Crippen molar-refractivity contribution in [2.24, 2.45) is 35.5 Å². The van der Waals surface area contributed by atoms with Gasteiger partial charge in [-0.05, 0) is 66.8 Å². The molecule has 6 atom stereocenters. The van der Waals surface area contributed by atoms with Crippen LogP contribution in [0.5, 0.6) is 0 Å². The zero-order valence-electron chi connectivity index (χ0n) is 21.1. The maximum Gasteiger partial charge on any atom is 0.406 e. The van der Waals surface area contributed by atoms with Crippen LogP contribution in [0.4, 0.5) is 0 Å². The first-order valence-corrected chi connectivity index (χ1v) is 14.5. The second-order valence-corrected chi connectivity index (χ2v) is 13.0. The summed E-state index contributed by atoms with van der Waals surface area (Å²) < 4.78 is 27.4. The van der Waals surface area contributed by atoms with Crippen molar-refractivity contribution in [2.75, 3.05) is 0 Å². The summed E-state index contributed by atoms with van der Waals surface area (Å²) >= 11 is 0. The average molecular weight is 464 g/mol. The van der Waals surface area contributed by atoms with Gasteiger partial charge >= 0.3 is 7.75 Å². The standard InChI is InChI=1S/C27H46NO3P/c1-19(2)24-14-12-21(5)16-26(24)30-32(29,28-18-23-10-8-7-9-11-23)31-27-17-22(6)13-15-25(27)20(3)4/h7-11,19-22,24-27H,12-18H2,1-6H3,(H,28,29)/t21-,22-,24-,25-,26-,27-/m1/s1. The lowest BCUT2D eigenvalue weighted by molar-refractivity contribution is -0.00664. The highest BCUT2D eigenvalue weighted by atomic mass is 31.2. The van der Waals surface area contributed by atoms with Crippen molar-refractivity contribution >= 4 is 7.75 Å². The van der Waals surface area contributed by atoms with E-state index in [1.165, 1.54) is 12.8 Å². The van der Waals surface area contributed by atoms with Gasteiger partial charge in [0.1, 0.15) is 0 Å². The Morgan fingerprint density at radius 2 is 1.31 bits per heavy atom. The first-order chi connectivity index (χ1) is 15.2. The number of hydrogen-bond donors (Lipinski definition) is 1. The molecular weight excluding hydrogens is 417 g/mol. The lowest BCUT2D eigenvalue weighted by Gasteiger charge is -2.41. The van der Waals surface area contributed by atoms with Crippen molar-refractivity contribution in [1.82, 2.24) is 5.09 Å². The van der Waals surface area contributed by atoms with Crippen molar-refractivity contribution in [3.8, 4) is 0 Å². The second kappa shape index (κ2) is 11.6. The Morgan fingerprint density at radius 1 is 0.844 bits per heavy atom. The molecule has 2 saturated carbocycles. The van der Waals surface area contributed by atoms with E-state index < -0.39 is 7.75 Å². The molecule has 2 aliphatic carbocycles. The maximum atomic E-state index is 14.3. The lowest BCUT2D eigenvalue weighted by atomic mass is 9.75. The molecule has 2 aliphatic rings. The molecule has 0 amide bonds. The van der Waals surface area contributed by atoms with Gasteiger partial charge in [-0.3, -0.25) is 9.05 Å². The molecule has 1 aromatic carbocycles. The van der Waals surface area contributed by atoms with Crippen LogP contribution < -0.4 is 5.09 Å². The van der Waals surface area contributed by atoms with Crippen molar-refractivity contribution in [3.63, 3.8) is 0 Å². The van der Waals surface area contributed by atoms with Gasteiger partial charge < -0.3 is 0 Å². The minimum atomic E-state index is -3.48. The van der Waals surface area contributed by atoms with E-state index in [0.29, 0.717) is 42.1 Å². The molecule has 0 heterocycles. The number of benzene rings is 1. The molecule has 0 spiro atoms. The summed E-state index contributed by atoms with van der Waals surface area (Å²) in [5.74, 6) is 3.05. The molecule has 4 nitrogen and oxygen atoms in total. The highest BCUT2D eigenvalue weighted by Crippen LogP contribution is 2.53. The fraction of sp³-hybridized carbons (Fsp3) is 0.778. The van der Waals surface area contributed by atoms with E-state index in [4.69, 9.17) is 9.05 Å². The maximum absolute atomic E-state index is 14.3. The van der Waals surface area contributed by atoms with Crippen LogP contribution in [0.2, 0.25) is 0 Å². The zero-order chi connectivity index (χ0) is 23.3. The highest BCUT2D eigenvalue weighted by Gasteiger charge is 2.42. The Morgan fingerprint density at radius 3 is 1.75 bits per heavy atom. The number of hydrogen-bond acceptors (Lipinski definition) is 3. The first-order valence-electron chi connectivity index (χ1n) is 12.9. The number of rotatable bonds is 9. The molecule has 0 aromatic heterocycles. The van der Waals surface area contributed by atoms with Crippen LogP contribution in [0.1, 0.15) is 85.6 Å². The van der Waals surface area contributed by atoms with Gasteiger partial charge in [0.2, 0.25) is 0 Å². The van der Waals surface area contributed by atoms with Gasteiger partial charge in [-0.1, -0.05) is 84.7 Å². The Hall–Kier alpha value is -0.670. The van der Waals surface area contributed by atoms with Crippen LogP contribution in [-0.2, 0) is 20.2 Å². The van der Waals surface area contributed by atoms with Crippen LogP contribution >= 0.6 is 7.75 Å². The Bertz CT molecular complexity index is 700. The summed E-state index contributed by atoms with van der Waals surface area (Å²) in [6.07, 6.45) is 6.59. The van der Waals surface area contributed by atoms with E-state index in [1.54, 1.807) is 0 Å². The quantitative estimate of drug-likeness (QED) is 0.379. The summed E-state index contributed by atoms with van der Waals surface area (Å²) in [6.45, 7) is 14.1. The van der Waals surface area contributed by atoms with Crippen molar-refractivity contribution in [1.29, 1.82) is 0 Å². The van der Waals surface area contributed by atoms with Crippen LogP contribution in [0.3, 0.4) is 0 Å². The van der Waals surface area contributed by atoms with Crippen molar-refractivity contribution < 1.29 is 13.6 Å². The van der Waals surface area contributed by atoms with Crippen LogP contribution in [0.25, 0.3) is 0 Å². The van der Waals surface area contributed by atoms with Crippen LogP contribution in [0.15, 0.2) is 30.3 Å². The monoisotopic (exact) mass is 463 g/mol. The summed E-state index contributed by atoms with van der Waals surface area (Å²) in [7, 11) is -3.48. The fourth-order valence-electron chi connectivity index (χ4n) is 5.71. The normalized spacial score (nSPS) is 31.9. The molecule has 3 rings (SSSR count). The van der Waals surface area contributed by atoms with E-state index in [-0.39, 0.29) is 12.2 Å².